The van der Waals surface area contributed by atoms with Crippen LogP contribution >= 0.6 is 23.4 Å². The molecule has 0 heterocycles. The van der Waals surface area contributed by atoms with E-state index in [2.05, 4.69) is 10.6 Å². The molecule has 10 heteroatoms. The van der Waals surface area contributed by atoms with E-state index in [0.29, 0.717) is 22.8 Å². The van der Waals surface area contributed by atoms with E-state index >= 15 is 0 Å². The molecule has 0 unspecified atom stereocenters. The number of ether oxygens (including phenoxy) is 1. The summed E-state index contributed by atoms with van der Waals surface area (Å²) in [5, 5.41) is 7.24. The van der Waals surface area contributed by atoms with Gasteiger partial charge >= 0.3 is 12.0 Å². The van der Waals surface area contributed by atoms with Crippen molar-refractivity contribution in [3.63, 3.8) is 0 Å². The Morgan fingerprint density at radius 1 is 1.19 bits per heavy atom. The van der Waals surface area contributed by atoms with Crippen LogP contribution in [0.25, 0.3) is 0 Å². The minimum Gasteiger partial charge on any atom is -0.454 e. The molecular weight excluding hydrogens is 382 g/mol. The number of halogens is 1. The molecule has 0 saturated heterocycles. The van der Waals surface area contributed by atoms with Crippen LogP contribution in [0, 0.1) is 0 Å². The van der Waals surface area contributed by atoms with Gasteiger partial charge in [-0.3, -0.25) is 14.9 Å². The quantitative estimate of drug-likeness (QED) is 0.564. The number of rotatable bonds is 8. The third-order valence-corrected chi connectivity index (χ3v) is 4.03. The molecule has 1 aromatic rings. The fourth-order valence-electron chi connectivity index (χ4n) is 1.79. The lowest BCUT2D eigenvalue weighted by Crippen LogP contribution is -2.44. The summed E-state index contributed by atoms with van der Waals surface area (Å²) < 4.78 is 4.89. The van der Waals surface area contributed by atoms with Crippen LogP contribution in [0.3, 0.4) is 0 Å². The number of thioether (sulfide) groups is 1. The molecule has 8 nitrogen and oxygen atoms in total. The highest BCUT2D eigenvalue weighted by Gasteiger charge is 2.23. The smallest absolute Gasteiger partial charge is 0.329 e. The molecule has 0 spiro atoms. The van der Waals surface area contributed by atoms with E-state index in [1.54, 1.807) is 12.1 Å². The first-order valence-electron chi connectivity index (χ1n) is 7.61. The lowest BCUT2D eigenvalue weighted by atomic mass is 10.1. The number of esters is 1. The minimum atomic E-state index is -0.918. The summed E-state index contributed by atoms with van der Waals surface area (Å²) in [6, 6.07) is 4.57. The minimum absolute atomic E-state index is 0.330. The Hall–Kier alpha value is -2.26. The predicted molar refractivity (Wildman–Crippen MR) is 99.3 cm³/mol. The molecule has 1 aromatic carbocycles. The van der Waals surface area contributed by atoms with E-state index < -0.39 is 36.5 Å². The van der Waals surface area contributed by atoms with E-state index in [-0.39, 0.29) is 0 Å². The van der Waals surface area contributed by atoms with Crippen molar-refractivity contribution in [1.29, 1.82) is 0 Å². The van der Waals surface area contributed by atoms with E-state index in [4.69, 9.17) is 16.3 Å². The molecule has 3 N–H and O–H groups in total. The summed E-state index contributed by atoms with van der Waals surface area (Å²) in [4.78, 5) is 46.9. The van der Waals surface area contributed by atoms with Crippen molar-refractivity contribution in [3.05, 3.63) is 34.9 Å². The Labute approximate surface area is 160 Å². The average Bonchev–Trinajstić information content (AvgIpc) is 2.63. The van der Waals surface area contributed by atoms with Crippen molar-refractivity contribution >= 4 is 47.2 Å². The van der Waals surface area contributed by atoms with Crippen LogP contribution in [0.4, 0.5) is 4.79 Å². The van der Waals surface area contributed by atoms with Gasteiger partial charge in [-0.2, -0.15) is 11.8 Å². The van der Waals surface area contributed by atoms with Crippen LogP contribution in [0.15, 0.2) is 24.3 Å². The zero-order valence-corrected chi connectivity index (χ0v) is 15.9. The monoisotopic (exact) mass is 401 g/mol. The molecule has 4 amide bonds. The number of amides is 4. The zero-order valence-electron chi connectivity index (χ0n) is 14.3. The van der Waals surface area contributed by atoms with Crippen molar-refractivity contribution in [1.82, 2.24) is 16.0 Å². The second kappa shape index (κ2) is 11.4. The Balaban J connectivity index is 2.65. The molecule has 1 rings (SSSR count). The molecule has 0 fully saturated rings. The fraction of sp³-hybridized carbons (Fsp3) is 0.375. The summed E-state index contributed by atoms with van der Waals surface area (Å²) in [5.74, 6) is -1.39. The zero-order chi connectivity index (χ0) is 19.5. The van der Waals surface area contributed by atoms with Gasteiger partial charge in [0, 0.05) is 17.6 Å². The van der Waals surface area contributed by atoms with Gasteiger partial charge in [-0.15, -0.1) is 0 Å². The van der Waals surface area contributed by atoms with Crippen LogP contribution in [0.5, 0.6) is 0 Å². The van der Waals surface area contributed by atoms with Crippen LogP contribution in [-0.4, -0.2) is 55.5 Å². The number of hydrogen-bond acceptors (Lipinski definition) is 6. The Bertz CT molecular complexity index is 654. The Morgan fingerprint density at radius 3 is 2.42 bits per heavy atom. The number of nitrogens with one attached hydrogen (secondary N) is 3. The Morgan fingerprint density at radius 2 is 1.85 bits per heavy atom. The number of imide groups is 1. The standard InChI is InChI=1S/C16H20ClN3O5S/c1-18-16(24)20-13(21)9-25-15(23)12(7-8-26-2)19-14(22)10-3-5-11(17)6-4-10/h3-6,12H,7-9H2,1-2H3,(H,19,22)(H2,18,20,21,24)/t12-/m0/s1. The van der Waals surface area contributed by atoms with Gasteiger partial charge in [-0.25, -0.2) is 9.59 Å². The van der Waals surface area contributed by atoms with Gasteiger partial charge in [-0.05, 0) is 42.7 Å². The van der Waals surface area contributed by atoms with Gasteiger partial charge in [-0.1, -0.05) is 11.6 Å². The summed E-state index contributed by atoms with van der Waals surface area (Å²) in [5.41, 5.74) is 0.341. The molecule has 1 atom stereocenters. The average molecular weight is 402 g/mol. The number of benzene rings is 1. The number of carbonyl (C=O) groups is 4. The molecule has 26 heavy (non-hydrogen) atoms. The topological polar surface area (TPSA) is 114 Å². The van der Waals surface area contributed by atoms with Gasteiger partial charge < -0.3 is 15.4 Å². The first-order chi connectivity index (χ1) is 12.4. The SMILES string of the molecule is CNC(=O)NC(=O)COC(=O)[C@H](CCSC)NC(=O)c1ccc(Cl)cc1. The molecule has 0 aliphatic rings. The van der Waals surface area contributed by atoms with E-state index in [1.807, 2.05) is 11.6 Å². The highest BCUT2D eigenvalue weighted by molar-refractivity contribution is 7.98. The molecular formula is C16H20ClN3O5S. The summed E-state index contributed by atoms with van der Waals surface area (Å²) in [6.45, 7) is -0.626. The summed E-state index contributed by atoms with van der Waals surface area (Å²) >= 11 is 7.28. The van der Waals surface area contributed by atoms with Crippen molar-refractivity contribution in [2.45, 2.75) is 12.5 Å². The molecule has 0 bridgehead atoms. The third-order valence-electron chi connectivity index (χ3n) is 3.13. The van der Waals surface area contributed by atoms with Crippen LogP contribution in [0.2, 0.25) is 5.02 Å². The fourth-order valence-corrected chi connectivity index (χ4v) is 2.39. The van der Waals surface area contributed by atoms with E-state index in [0.717, 1.165) is 0 Å². The number of carbonyl (C=O) groups excluding carboxylic acids is 4. The van der Waals surface area contributed by atoms with Crippen LogP contribution < -0.4 is 16.0 Å². The second-order valence-corrected chi connectivity index (χ2v) is 6.47. The summed E-state index contributed by atoms with van der Waals surface area (Å²) in [6.07, 6.45) is 2.19. The lowest BCUT2D eigenvalue weighted by molar-refractivity contribution is -0.150. The van der Waals surface area contributed by atoms with Crippen molar-refractivity contribution in [3.8, 4) is 0 Å². The first-order valence-corrected chi connectivity index (χ1v) is 9.38. The van der Waals surface area contributed by atoms with Crippen molar-refractivity contribution in [2.75, 3.05) is 25.7 Å². The molecule has 142 valence electrons. The lowest BCUT2D eigenvalue weighted by Gasteiger charge is -2.17. The maximum absolute atomic E-state index is 12.3. The first kappa shape index (κ1) is 21.8. The molecule has 0 aliphatic carbocycles. The van der Waals surface area contributed by atoms with Gasteiger partial charge in [0.2, 0.25) is 0 Å². The predicted octanol–water partition coefficient (Wildman–Crippen LogP) is 1.19. The largest absolute Gasteiger partial charge is 0.454 e. The third kappa shape index (κ3) is 7.75. The highest BCUT2D eigenvalue weighted by Crippen LogP contribution is 2.10. The maximum Gasteiger partial charge on any atom is 0.329 e. The van der Waals surface area contributed by atoms with Gasteiger partial charge in [0.25, 0.3) is 11.8 Å². The molecule has 0 radical (unpaired) electrons. The maximum atomic E-state index is 12.3. The van der Waals surface area contributed by atoms with Crippen molar-refractivity contribution < 1.29 is 23.9 Å². The van der Waals surface area contributed by atoms with Gasteiger partial charge in [0.05, 0.1) is 0 Å². The number of hydrogen-bond donors (Lipinski definition) is 3. The number of urea groups is 1. The molecule has 0 aromatic heterocycles. The highest BCUT2D eigenvalue weighted by atomic mass is 35.5. The Kier molecular flexibility index (Phi) is 9.53. The van der Waals surface area contributed by atoms with Gasteiger partial charge in [0.1, 0.15) is 6.04 Å². The van der Waals surface area contributed by atoms with Crippen LogP contribution in [0.1, 0.15) is 16.8 Å². The second-order valence-electron chi connectivity index (χ2n) is 5.05. The normalized spacial score (nSPS) is 11.2. The molecule has 0 saturated carbocycles. The summed E-state index contributed by atoms with van der Waals surface area (Å²) in [7, 11) is 1.35. The van der Waals surface area contributed by atoms with Gasteiger partial charge in [0.15, 0.2) is 6.61 Å². The van der Waals surface area contributed by atoms with E-state index in [1.165, 1.54) is 30.9 Å². The van der Waals surface area contributed by atoms with E-state index in [9.17, 15) is 19.2 Å². The molecule has 0 aliphatic heterocycles. The van der Waals surface area contributed by atoms with Crippen LogP contribution in [-0.2, 0) is 14.3 Å². The van der Waals surface area contributed by atoms with Crippen molar-refractivity contribution in [2.24, 2.45) is 0 Å².